The number of nitrogens with one attached hydrogen (secondary N) is 1. The van der Waals surface area contributed by atoms with E-state index < -0.39 is 0 Å². The molecule has 1 saturated heterocycles. The van der Waals surface area contributed by atoms with Crippen molar-refractivity contribution in [2.45, 2.75) is 25.5 Å². The van der Waals surface area contributed by atoms with Crippen LogP contribution in [0.25, 0.3) is 0 Å². The van der Waals surface area contributed by atoms with E-state index in [0.717, 1.165) is 38.7 Å². The Hall–Kier alpha value is -0.910. The minimum Gasteiger partial charge on any atom is -0.374 e. The standard InChI is InChI=1S/C14H24N4O/c1-17-6-7-19-14(10-17)11-18(8-12-2-3-12)9-13-4-5-15-16-13/h4-5,12,14H,2-3,6-11H2,1H3,(H,15,16)/t14-/m1/s1. The van der Waals surface area contributed by atoms with E-state index in [4.69, 9.17) is 4.74 Å². The van der Waals surface area contributed by atoms with Crippen LogP contribution in [0.2, 0.25) is 0 Å². The lowest BCUT2D eigenvalue weighted by Gasteiger charge is -2.33. The second-order valence-corrected chi connectivity index (χ2v) is 5.97. The Bertz CT molecular complexity index is 377. The maximum absolute atomic E-state index is 5.89. The Balaban J connectivity index is 1.55. The molecule has 0 radical (unpaired) electrons. The van der Waals surface area contributed by atoms with Crippen LogP contribution in [0.4, 0.5) is 0 Å². The summed E-state index contributed by atoms with van der Waals surface area (Å²) < 4.78 is 5.89. The van der Waals surface area contributed by atoms with Crippen LogP contribution >= 0.6 is 0 Å². The van der Waals surface area contributed by atoms with E-state index in [1.54, 1.807) is 0 Å². The first kappa shape index (κ1) is 13.1. The SMILES string of the molecule is CN1CCO[C@@H](CN(Cc2ccn[nH]2)CC2CC2)C1. The molecule has 106 valence electrons. The molecule has 5 heteroatoms. The molecule has 1 atom stereocenters. The Labute approximate surface area is 114 Å². The van der Waals surface area contributed by atoms with Gasteiger partial charge in [0.2, 0.25) is 0 Å². The van der Waals surface area contributed by atoms with Crippen molar-refractivity contribution in [3.8, 4) is 0 Å². The zero-order valence-corrected chi connectivity index (χ0v) is 11.7. The first-order chi connectivity index (χ1) is 9.29. The van der Waals surface area contributed by atoms with Gasteiger partial charge in [-0.25, -0.2) is 0 Å². The number of aromatic nitrogens is 2. The van der Waals surface area contributed by atoms with Crippen LogP contribution in [0.3, 0.4) is 0 Å². The average Bonchev–Trinajstić information content (AvgIpc) is 3.03. The number of H-pyrrole nitrogens is 1. The molecule has 2 aliphatic rings. The lowest BCUT2D eigenvalue weighted by molar-refractivity contribution is -0.0374. The molecule has 0 bridgehead atoms. The summed E-state index contributed by atoms with van der Waals surface area (Å²) in [5, 5.41) is 7.10. The van der Waals surface area contributed by atoms with Crippen molar-refractivity contribution in [1.29, 1.82) is 0 Å². The van der Waals surface area contributed by atoms with Crippen LogP contribution in [-0.4, -0.2) is 65.9 Å². The second-order valence-electron chi connectivity index (χ2n) is 5.97. The third kappa shape index (κ3) is 4.03. The van der Waals surface area contributed by atoms with Crippen LogP contribution < -0.4 is 0 Å². The molecule has 5 nitrogen and oxygen atoms in total. The molecule has 1 aromatic heterocycles. The summed E-state index contributed by atoms with van der Waals surface area (Å²) in [6, 6.07) is 2.06. The smallest absolute Gasteiger partial charge is 0.0829 e. The zero-order valence-electron chi connectivity index (χ0n) is 11.7. The number of rotatable bonds is 6. The number of morpholine rings is 1. The van der Waals surface area contributed by atoms with Gasteiger partial charge >= 0.3 is 0 Å². The molecule has 2 heterocycles. The molecule has 0 amide bonds. The van der Waals surface area contributed by atoms with Crippen molar-refractivity contribution in [1.82, 2.24) is 20.0 Å². The van der Waals surface area contributed by atoms with Crippen LogP contribution in [0, 0.1) is 5.92 Å². The van der Waals surface area contributed by atoms with Crippen molar-refractivity contribution in [3.05, 3.63) is 18.0 Å². The summed E-state index contributed by atoms with van der Waals surface area (Å²) in [7, 11) is 2.18. The fraction of sp³-hybridized carbons (Fsp3) is 0.786. The van der Waals surface area contributed by atoms with E-state index in [2.05, 4.69) is 33.1 Å². The van der Waals surface area contributed by atoms with Gasteiger partial charge in [0.25, 0.3) is 0 Å². The second kappa shape index (κ2) is 6.03. The number of hydrogen-bond acceptors (Lipinski definition) is 4. The summed E-state index contributed by atoms with van der Waals surface area (Å²) in [4.78, 5) is 4.88. The Morgan fingerprint density at radius 2 is 2.37 bits per heavy atom. The van der Waals surface area contributed by atoms with Gasteiger partial charge in [0, 0.05) is 44.6 Å². The molecular formula is C14H24N4O. The van der Waals surface area contributed by atoms with Gasteiger partial charge in [-0.05, 0) is 31.9 Å². The molecule has 1 aromatic rings. The van der Waals surface area contributed by atoms with E-state index >= 15 is 0 Å². The number of hydrogen-bond donors (Lipinski definition) is 1. The van der Waals surface area contributed by atoms with Gasteiger partial charge in [-0.3, -0.25) is 10.00 Å². The van der Waals surface area contributed by atoms with E-state index in [0.29, 0.717) is 6.10 Å². The number of aromatic amines is 1. The van der Waals surface area contributed by atoms with E-state index in [-0.39, 0.29) is 0 Å². The molecule has 2 fully saturated rings. The molecule has 1 aliphatic heterocycles. The number of nitrogens with zero attached hydrogens (tertiary/aromatic N) is 3. The van der Waals surface area contributed by atoms with E-state index in [1.807, 2.05) is 6.20 Å². The third-order valence-corrected chi connectivity index (χ3v) is 3.97. The summed E-state index contributed by atoms with van der Waals surface area (Å²) in [5.74, 6) is 0.907. The largest absolute Gasteiger partial charge is 0.374 e. The Morgan fingerprint density at radius 3 is 3.05 bits per heavy atom. The topological polar surface area (TPSA) is 44.4 Å². The summed E-state index contributed by atoms with van der Waals surface area (Å²) >= 11 is 0. The minimum atomic E-state index is 0.348. The van der Waals surface area contributed by atoms with Gasteiger partial charge in [0.05, 0.1) is 12.7 Å². The zero-order chi connectivity index (χ0) is 13.1. The highest BCUT2D eigenvalue weighted by Crippen LogP contribution is 2.30. The Morgan fingerprint density at radius 1 is 1.47 bits per heavy atom. The van der Waals surface area contributed by atoms with Crippen molar-refractivity contribution in [3.63, 3.8) is 0 Å². The first-order valence-electron chi connectivity index (χ1n) is 7.30. The summed E-state index contributed by atoms with van der Waals surface area (Å²) in [6.45, 7) is 6.15. The predicted molar refractivity (Wildman–Crippen MR) is 73.8 cm³/mol. The van der Waals surface area contributed by atoms with Crippen molar-refractivity contribution < 1.29 is 4.74 Å². The normalized spacial score (nSPS) is 25.1. The summed E-state index contributed by atoms with van der Waals surface area (Å²) in [6.07, 6.45) is 4.96. The van der Waals surface area contributed by atoms with Gasteiger partial charge in [-0.15, -0.1) is 0 Å². The predicted octanol–water partition coefficient (Wildman–Crippen LogP) is 0.952. The number of ether oxygens (including phenoxy) is 1. The lowest BCUT2D eigenvalue weighted by atomic mass is 10.2. The monoisotopic (exact) mass is 264 g/mol. The minimum absolute atomic E-state index is 0.348. The van der Waals surface area contributed by atoms with Gasteiger partial charge in [-0.1, -0.05) is 0 Å². The molecule has 19 heavy (non-hydrogen) atoms. The third-order valence-electron chi connectivity index (χ3n) is 3.97. The molecule has 0 unspecified atom stereocenters. The Kier molecular flexibility index (Phi) is 4.15. The maximum atomic E-state index is 5.89. The van der Waals surface area contributed by atoms with Gasteiger partial charge in [0.1, 0.15) is 0 Å². The van der Waals surface area contributed by atoms with Crippen molar-refractivity contribution in [2.24, 2.45) is 5.92 Å². The van der Waals surface area contributed by atoms with Crippen LogP contribution in [-0.2, 0) is 11.3 Å². The molecule has 1 N–H and O–H groups in total. The molecular weight excluding hydrogens is 240 g/mol. The van der Waals surface area contributed by atoms with E-state index in [1.165, 1.54) is 25.1 Å². The lowest BCUT2D eigenvalue weighted by Crippen LogP contribution is -2.46. The van der Waals surface area contributed by atoms with Gasteiger partial charge in [-0.2, -0.15) is 5.10 Å². The van der Waals surface area contributed by atoms with Gasteiger partial charge < -0.3 is 9.64 Å². The first-order valence-corrected chi connectivity index (χ1v) is 7.30. The van der Waals surface area contributed by atoms with E-state index in [9.17, 15) is 0 Å². The molecule has 1 aliphatic carbocycles. The highest BCUT2D eigenvalue weighted by atomic mass is 16.5. The molecule has 1 saturated carbocycles. The van der Waals surface area contributed by atoms with Crippen LogP contribution in [0.5, 0.6) is 0 Å². The van der Waals surface area contributed by atoms with Crippen molar-refractivity contribution >= 4 is 0 Å². The average molecular weight is 264 g/mol. The molecule has 0 aromatic carbocycles. The highest BCUT2D eigenvalue weighted by Gasteiger charge is 2.27. The highest BCUT2D eigenvalue weighted by molar-refractivity contribution is 4.98. The molecule has 0 spiro atoms. The fourth-order valence-electron chi connectivity index (χ4n) is 2.75. The van der Waals surface area contributed by atoms with Gasteiger partial charge in [0.15, 0.2) is 0 Å². The molecule has 3 rings (SSSR count). The summed E-state index contributed by atoms with van der Waals surface area (Å²) in [5.41, 5.74) is 1.20. The quantitative estimate of drug-likeness (QED) is 0.831. The van der Waals surface area contributed by atoms with Crippen LogP contribution in [0.1, 0.15) is 18.5 Å². The maximum Gasteiger partial charge on any atom is 0.0829 e. The van der Waals surface area contributed by atoms with Crippen LogP contribution in [0.15, 0.2) is 12.3 Å². The number of likely N-dealkylation sites (N-methyl/N-ethyl adjacent to an activating group) is 1. The van der Waals surface area contributed by atoms with Crippen molar-refractivity contribution in [2.75, 3.05) is 39.8 Å². The fourth-order valence-corrected chi connectivity index (χ4v) is 2.75.